The molecule has 4 aromatic rings. The molecule has 0 radical (unpaired) electrons. The number of aryl methyl sites for hydroxylation is 1. The fraction of sp³-hybridized carbons (Fsp3) is 0.150. The van der Waals surface area contributed by atoms with Crippen molar-refractivity contribution in [2.75, 3.05) is 7.05 Å². The van der Waals surface area contributed by atoms with Crippen LogP contribution in [0.5, 0.6) is 0 Å². The summed E-state index contributed by atoms with van der Waals surface area (Å²) in [5, 5.41) is 11.4. The minimum Gasteiger partial charge on any atom is -0.349 e. The third kappa shape index (κ3) is 3.39. The fourth-order valence-electron chi connectivity index (χ4n) is 3.06. The molecule has 1 N–H and O–H groups in total. The lowest BCUT2D eigenvalue weighted by Gasteiger charge is -2.16. The molecule has 0 atom stereocenters. The second-order valence-corrected chi connectivity index (χ2v) is 6.45. The highest BCUT2D eigenvalue weighted by Gasteiger charge is 2.16. The van der Waals surface area contributed by atoms with Gasteiger partial charge < -0.3 is 9.47 Å². The number of nitrogens with one attached hydrogen (secondary N) is 1. The van der Waals surface area contributed by atoms with E-state index < -0.39 is 0 Å². The summed E-state index contributed by atoms with van der Waals surface area (Å²) in [6.07, 6.45) is 5.58. The monoisotopic (exact) mass is 360 g/mol. The van der Waals surface area contributed by atoms with Crippen LogP contribution < -0.4 is 0 Å². The highest BCUT2D eigenvalue weighted by Crippen LogP contribution is 2.19. The van der Waals surface area contributed by atoms with Gasteiger partial charge in [0.05, 0.1) is 11.4 Å². The van der Waals surface area contributed by atoms with Gasteiger partial charge in [-0.15, -0.1) is 0 Å². The van der Waals surface area contributed by atoms with Gasteiger partial charge in [-0.25, -0.2) is 4.68 Å². The number of aromatic amines is 1. The second-order valence-electron chi connectivity index (χ2n) is 6.45. The van der Waals surface area contributed by atoms with Crippen molar-refractivity contribution in [3.63, 3.8) is 0 Å². The van der Waals surface area contributed by atoms with Crippen LogP contribution in [0.1, 0.15) is 16.1 Å². The molecule has 7 nitrogen and oxygen atoms in total. The van der Waals surface area contributed by atoms with Crippen LogP contribution in [-0.4, -0.2) is 42.4 Å². The lowest BCUT2D eigenvalue weighted by Crippen LogP contribution is -2.26. The van der Waals surface area contributed by atoms with E-state index in [0.29, 0.717) is 12.2 Å². The van der Waals surface area contributed by atoms with E-state index in [0.717, 1.165) is 22.6 Å². The number of aromatic nitrogens is 5. The molecule has 0 unspecified atom stereocenters. The third-order valence-corrected chi connectivity index (χ3v) is 4.46. The number of hydrogen-bond acceptors (Lipinski definition) is 3. The van der Waals surface area contributed by atoms with Crippen LogP contribution in [0.25, 0.3) is 17.1 Å². The first-order chi connectivity index (χ1) is 13.1. The van der Waals surface area contributed by atoms with Gasteiger partial charge in [-0.3, -0.25) is 9.89 Å². The van der Waals surface area contributed by atoms with E-state index in [1.807, 2.05) is 66.5 Å². The molecule has 0 bridgehead atoms. The lowest BCUT2D eigenvalue weighted by molar-refractivity contribution is 0.0779. The van der Waals surface area contributed by atoms with Crippen LogP contribution in [0.2, 0.25) is 0 Å². The summed E-state index contributed by atoms with van der Waals surface area (Å²) in [5.41, 5.74) is 4.17. The minimum absolute atomic E-state index is 0.104. The molecule has 0 saturated heterocycles. The Bertz CT molecular complexity index is 1060. The molecule has 0 spiro atoms. The van der Waals surface area contributed by atoms with Gasteiger partial charge in [0, 0.05) is 39.2 Å². The highest BCUT2D eigenvalue weighted by atomic mass is 16.2. The van der Waals surface area contributed by atoms with E-state index in [2.05, 4.69) is 15.3 Å². The van der Waals surface area contributed by atoms with Crippen LogP contribution in [0.3, 0.4) is 0 Å². The van der Waals surface area contributed by atoms with E-state index in [1.54, 1.807) is 28.9 Å². The maximum atomic E-state index is 12.8. The Hall–Kier alpha value is -3.61. The summed E-state index contributed by atoms with van der Waals surface area (Å²) < 4.78 is 3.77. The first kappa shape index (κ1) is 16.8. The van der Waals surface area contributed by atoms with Gasteiger partial charge in [0.1, 0.15) is 11.4 Å². The van der Waals surface area contributed by atoms with Crippen molar-refractivity contribution in [3.05, 3.63) is 78.4 Å². The smallest absolute Gasteiger partial charge is 0.271 e. The molecule has 0 aliphatic rings. The van der Waals surface area contributed by atoms with E-state index in [4.69, 9.17) is 0 Å². The molecule has 136 valence electrons. The first-order valence-corrected chi connectivity index (χ1v) is 8.63. The van der Waals surface area contributed by atoms with Gasteiger partial charge in [0.25, 0.3) is 5.91 Å². The summed E-state index contributed by atoms with van der Waals surface area (Å²) in [7, 11) is 3.73. The molecule has 0 aliphatic heterocycles. The molecule has 4 rings (SSSR count). The van der Waals surface area contributed by atoms with E-state index in [9.17, 15) is 4.79 Å². The number of benzene rings is 1. The zero-order valence-corrected chi connectivity index (χ0v) is 15.2. The van der Waals surface area contributed by atoms with E-state index in [1.165, 1.54) is 0 Å². The molecule has 3 aromatic heterocycles. The van der Waals surface area contributed by atoms with Gasteiger partial charge in [-0.2, -0.15) is 10.2 Å². The molecular formula is C20H20N6O. The van der Waals surface area contributed by atoms with Crippen molar-refractivity contribution >= 4 is 5.91 Å². The number of amides is 1. The molecule has 1 aromatic carbocycles. The summed E-state index contributed by atoms with van der Waals surface area (Å²) >= 11 is 0. The molecule has 0 aliphatic carbocycles. The Balaban J connectivity index is 1.50. The van der Waals surface area contributed by atoms with Crippen molar-refractivity contribution in [2.24, 2.45) is 7.05 Å². The number of H-pyrrole nitrogens is 1. The molecule has 3 heterocycles. The number of carbonyl (C=O) groups excluding carboxylic acids is 1. The average Bonchev–Trinajstić information content (AvgIpc) is 3.42. The van der Waals surface area contributed by atoms with Gasteiger partial charge in [-0.1, -0.05) is 12.1 Å². The number of nitrogens with zero attached hydrogens (tertiary/aromatic N) is 5. The van der Waals surface area contributed by atoms with Gasteiger partial charge in [0.15, 0.2) is 0 Å². The quantitative estimate of drug-likeness (QED) is 0.595. The highest BCUT2D eigenvalue weighted by molar-refractivity contribution is 5.93. The standard InChI is InChI=1S/C20H20N6O/c1-24-10-4-8-19(24)17-13-18(23-22-17)20(27)25(2)14-15-6-3-7-16(12-15)26-11-5-9-21-26/h3-13H,14H2,1-2H3,(H,22,23). The Labute approximate surface area is 156 Å². The second kappa shape index (κ2) is 6.95. The van der Waals surface area contributed by atoms with Gasteiger partial charge in [0.2, 0.25) is 0 Å². The zero-order valence-electron chi connectivity index (χ0n) is 15.2. The van der Waals surface area contributed by atoms with E-state index >= 15 is 0 Å². The van der Waals surface area contributed by atoms with Crippen LogP contribution in [0.15, 0.2) is 67.1 Å². The van der Waals surface area contributed by atoms with Crippen molar-refractivity contribution in [1.29, 1.82) is 0 Å². The van der Waals surface area contributed by atoms with Crippen molar-refractivity contribution < 1.29 is 4.79 Å². The topological polar surface area (TPSA) is 71.7 Å². The Morgan fingerprint density at radius 2 is 2.04 bits per heavy atom. The summed E-state index contributed by atoms with van der Waals surface area (Å²) in [5.74, 6) is -0.104. The largest absolute Gasteiger partial charge is 0.349 e. The summed E-state index contributed by atoms with van der Waals surface area (Å²) in [6.45, 7) is 0.493. The predicted octanol–water partition coefficient (Wildman–Crippen LogP) is 2.87. The van der Waals surface area contributed by atoms with Crippen molar-refractivity contribution in [2.45, 2.75) is 6.54 Å². The number of carbonyl (C=O) groups is 1. The Morgan fingerprint density at radius 3 is 2.78 bits per heavy atom. The Morgan fingerprint density at radius 1 is 1.15 bits per heavy atom. The fourth-order valence-corrected chi connectivity index (χ4v) is 3.06. The normalized spacial score (nSPS) is 10.9. The molecule has 27 heavy (non-hydrogen) atoms. The first-order valence-electron chi connectivity index (χ1n) is 8.63. The summed E-state index contributed by atoms with van der Waals surface area (Å²) in [6, 6.07) is 15.6. The van der Waals surface area contributed by atoms with Crippen LogP contribution >= 0.6 is 0 Å². The van der Waals surface area contributed by atoms with Gasteiger partial charge in [-0.05, 0) is 42.0 Å². The maximum Gasteiger partial charge on any atom is 0.271 e. The number of rotatable bonds is 5. The van der Waals surface area contributed by atoms with Gasteiger partial charge >= 0.3 is 0 Å². The van der Waals surface area contributed by atoms with E-state index in [-0.39, 0.29) is 5.91 Å². The molecule has 1 amide bonds. The lowest BCUT2D eigenvalue weighted by atomic mass is 10.2. The SMILES string of the molecule is CN(Cc1cccc(-n2cccn2)c1)C(=O)c1cc(-c2cccn2C)n[nH]1. The maximum absolute atomic E-state index is 12.8. The van der Waals surface area contributed by atoms with Crippen LogP contribution in [0.4, 0.5) is 0 Å². The average molecular weight is 360 g/mol. The van der Waals surface area contributed by atoms with Crippen LogP contribution in [0, 0.1) is 0 Å². The Kier molecular flexibility index (Phi) is 4.33. The third-order valence-electron chi connectivity index (χ3n) is 4.46. The van der Waals surface area contributed by atoms with Crippen molar-refractivity contribution in [1.82, 2.24) is 29.4 Å². The molecular weight excluding hydrogens is 340 g/mol. The zero-order chi connectivity index (χ0) is 18.8. The predicted molar refractivity (Wildman–Crippen MR) is 102 cm³/mol. The molecule has 0 saturated carbocycles. The number of hydrogen-bond donors (Lipinski definition) is 1. The summed E-state index contributed by atoms with van der Waals surface area (Å²) in [4.78, 5) is 14.4. The molecule has 0 fully saturated rings. The van der Waals surface area contributed by atoms with Crippen molar-refractivity contribution in [3.8, 4) is 17.1 Å². The minimum atomic E-state index is -0.104. The van der Waals surface area contributed by atoms with Crippen LogP contribution in [-0.2, 0) is 13.6 Å². The molecule has 7 heteroatoms.